The molecular weight excluding hydrogens is 316 g/mol. The van der Waals surface area contributed by atoms with E-state index >= 15 is 0 Å². The van der Waals surface area contributed by atoms with Crippen LogP contribution in [0.2, 0.25) is 0 Å². The van der Waals surface area contributed by atoms with Crippen LogP contribution < -0.4 is 0 Å². The van der Waals surface area contributed by atoms with Gasteiger partial charge < -0.3 is 14.4 Å². The number of fused-ring (bicyclic) bond motifs is 2. The van der Waals surface area contributed by atoms with Crippen LogP contribution >= 0.6 is 0 Å². The minimum Gasteiger partial charge on any atom is -0.384 e. The molecule has 5 nitrogen and oxygen atoms in total. The van der Waals surface area contributed by atoms with Gasteiger partial charge in [-0.1, -0.05) is 18.2 Å². The van der Waals surface area contributed by atoms with E-state index in [-0.39, 0.29) is 17.4 Å². The Kier molecular flexibility index (Phi) is 4.44. The van der Waals surface area contributed by atoms with Crippen LogP contribution in [-0.4, -0.2) is 55.3 Å². The lowest BCUT2D eigenvalue weighted by Crippen LogP contribution is -2.58. The number of para-hydroxylation sites is 1. The number of rotatable bonds is 3. The number of hydrogen-bond donors (Lipinski definition) is 0. The summed E-state index contributed by atoms with van der Waals surface area (Å²) in [6.45, 7) is 2.87. The molecule has 132 valence electrons. The molecule has 1 aromatic carbocycles. The summed E-state index contributed by atoms with van der Waals surface area (Å²) < 4.78 is 11.5. The highest BCUT2D eigenvalue weighted by atomic mass is 16.5. The molecule has 1 aromatic heterocycles. The van der Waals surface area contributed by atoms with Crippen molar-refractivity contribution in [1.82, 2.24) is 9.88 Å². The first-order valence-corrected chi connectivity index (χ1v) is 8.96. The number of benzene rings is 1. The largest absolute Gasteiger partial charge is 0.384 e. The number of carbonyl (C=O) groups excluding carboxylic acids is 1. The van der Waals surface area contributed by atoms with Gasteiger partial charge in [0, 0.05) is 43.8 Å². The Balaban J connectivity index is 1.58. The van der Waals surface area contributed by atoms with Crippen LogP contribution in [0.15, 0.2) is 36.5 Å². The lowest BCUT2D eigenvalue weighted by atomic mass is 9.73. The Morgan fingerprint density at radius 3 is 3.20 bits per heavy atom. The Morgan fingerprint density at radius 2 is 2.32 bits per heavy atom. The number of piperidine rings is 1. The summed E-state index contributed by atoms with van der Waals surface area (Å²) in [6.07, 6.45) is 4.83. The van der Waals surface area contributed by atoms with Gasteiger partial charge in [0.2, 0.25) is 0 Å². The van der Waals surface area contributed by atoms with E-state index in [4.69, 9.17) is 9.47 Å². The molecular formula is C20H24N2O3. The van der Waals surface area contributed by atoms with Crippen LogP contribution in [0.4, 0.5) is 0 Å². The molecule has 0 N–H and O–H groups in total. The van der Waals surface area contributed by atoms with Gasteiger partial charge >= 0.3 is 0 Å². The van der Waals surface area contributed by atoms with Gasteiger partial charge in [-0.05, 0) is 31.4 Å². The Labute approximate surface area is 147 Å². The molecule has 2 aliphatic rings. The fraction of sp³-hybridized carbons (Fsp3) is 0.500. The van der Waals surface area contributed by atoms with Crippen molar-refractivity contribution in [2.24, 2.45) is 5.41 Å². The van der Waals surface area contributed by atoms with Crippen molar-refractivity contribution in [2.45, 2.75) is 25.4 Å². The fourth-order valence-electron chi connectivity index (χ4n) is 4.33. The monoisotopic (exact) mass is 340 g/mol. The van der Waals surface area contributed by atoms with Crippen LogP contribution in [0.1, 0.15) is 29.6 Å². The second-order valence-corrected chi connectivity index (χ2v) is 7.19. The molecule has 0 bridgehead atoms. The predicted molar refractivity (Wildman–Crippen MR) is 95.5 cm³/mol. The van der Waals surface area contributed by atoms with E-state index in [0.29, 0.717) is 18.7 Å². The molecule has 2 saturated heterocycles. The highest BCUT2D eigenvalue weighted by Gasteiger charge is 2.47. The maximum Gasteiger partial charge on any atom is 0.255 e. The van der Waals surface area contributed by atoms with Crippen molar-refractivity contribution in [1.29, 1.82) is 0 Å². The van der Waals surface area contributed by atoms with E-state index in [1.54, 1.807) is 13.3 Å². The molecule has 25 heavy (non-hydrogen) atoms. The van der Waals surface area contributed by atoms with Gasteiger partial charge in [0.1, 0.15) is 0 Å². The van der Waals surface area contributed by atoms with Crippen molar-refractivity contribution in [3.05, 3.63) is 42.1 Å². The molecule has 0 radical (unpaired) electrons. The normalized spacial score (nSPS) is 26.4. The lowest BCUT2D eigenvalue weighted by molar-refractivity contribution is -0.142. The number of carbonyl (C=O) groups is 1. The van der Waals surface area contributed by atoms with Crippen LogP contribution in [0.25, 0.3) is 10.9 Å². The zero-order valence-electron chi connectivity index (χ0n) is 14.6. The number of ether oxygens (including phenoxy) is 2. The SMILES string of the molecule is COC[C@]12CCCO[C@H]1CCN(C(=O)c1cnc3ccccc3c1)C2. The number of pyridine rings is 1. The van der Waals surface area contributed by atoms with Gasteiger partial charge in [-0.2, -0.15) is 0 Å². The van der Waals surface area contributed by atoms with E-state index in [9.17, 15) is 4.79 Å². The Hall–Kier alpha value is -1.98. The molecule has 2 fully saturated rings. The molecule has 0 unspecified atom stereocenters. The van der Waals surface area contributed by atoms with E-state index in [1.807, 2.05) is 35.2 Å². The van der Waals surface area contributed by atoms with Crippen molar-refractivity contribution < 1.29 is 14.3 Å². The zero-order valence-corrected chi connectivity index (χ0v) is 14.6. The molecule has 3 heterocycles. The first kappa shape index (κ1) is 16.5. The standard InChI is InChI=1S/C20H24N2O3/c1-24-14-20-8-4-10-25-18(20)7-9-22(13-20)19(23)16-11-15-5-2-3-6-17(15)21-12-16/h2-3,5-6,11-12,18H,4,7-10,13-14H2,1H3/t18-,20+/m0/s1. The van der Waals surface area contributed by atoms with Gasteiger partial charge in [-0.15, -0.1) is 0 Å². The quantitative estimate of drug-likeness (QED) is 0.862. The summed E-state index contributed by atoms with van der Waals surface area (Å²) in [4.78, 5) is 19.5. The number of hydrogen-bond acceptors (Lipinski definition) is 4. The second-order valence-electron chi connectivity index (χ2n) is 7.19. The van der Waals surface area contributed by atoms with Crippen LogP contribution in [0.5, 0.6) is 0 Å². The maximum absolute atomic E-state index is 13.1. The van der Waals surface area contributed by atoms with Gasteiger partial charge in [-0.25, -0.2) is 0 Å². The third-order valence-corrected chi connectivity index (χ3v) is 5.54. The molecule has 2 aliphatic heterocycles. The van der Waals surface area contributed by atoms with E-state index in [2.05, 4.69) is 4.98 Å². The molecule has 5 heteroatoms. The van der Waals surface area contributed by atoms with Crippen molar-refractivity contribution in [2.75, 3.05) is 33.4 Å². The zero-order chi connectivity index (χ0) is 17.3. The number of likely N-dealkylation sites (tertiary alicyclic amines) is 1. The predicted octanol–water partition coefficient (Wildman–Crippen LogP) is 2.89. The summed E-state index contributed by atoms with van der Waals surface area (Å²) in [5.41, 5.74) is 1.49. The topological polar surface area (TPSA) is 51.7 Å². The molecule has 0 saturated carbocycles. The van der Waals surface area contributed by atoms with Crippen molar-refractivity contribution in [3.63, 3.8) is 0 Å². The fourth-order valence-corrected chi connectivity index (χ4v) is 4.33. The summed E-state index contributed by atoms with van der Waals surface area (Å²) in [7, 11) is 1.73. The molecule has 2 atom stereocenters. The van der Waals surface area contributed by atoms with E-state index in [1.165, 1.54) is 0 Å². The van der Waals surface area contributed by atoms with Crippen molar-refractivity contribution >= 4 is 16.8 Å². The number of aromatic nitrogens is 1. The summed E-state index contributed by atoms with van der Waals surface area (Å²) in [5.74, 6) is 0.0535. The minimum atomic E-state index is -0.0782. The molecule has 1 amide bonds. The molecule has 2 aromatic rings. The van der Waals surface area contributed by atoms with E-state index in [0.717, 1.165) is 43.3 Å². The highest BCUT2D eigenvalue weighted by Crippen LogP contribution is 2.40. The van der Waals surface area contributed by atoms with Gasteiger partial charge in [0.25, 0.3) is 5.91 Å². The average molecular weight is 340 g/mol. The number of methoxy groups -OCH3 is 1. The first-order chi connectivity index (χ1) is 12.2. The number of nitrogens with zero attached hydrogens (tertiary/aromatic N) is 2. The summed E-state index contributed by atoms with van der Waals surface area (Å²) in [5, 5.41) is 0.996. The van der Waals surface area contributed by atoms with Crippen LogP contribution in [0.3, 0.4) is 0 Å². The summed E-state index contributed by atoms with van der Waals surface area (Å²) >= 11 is 0. The highest BCUT2D eigenvalue weighted by molar-refractivity contribution is 5.97. The second kappa shape index (κ2) is 6.73. The summed E-state index contributed by atoms with van der Waals surface area (Å²) in [6, 6.07) is 9.82. The Morgan fingerprint density at radius 1 is 1.44 bits per heavy atom. The van der Waals surface area contributed by atoms with Gasteiger partial charge in [0.05, 0.1) is 23.8 Å². The minimum absolute atomic E-state index is 0.0535. The smallest absolute Gasteiger partial charge is 0.255 e. The van der Waals surface area contributed by atoms with Gasteiger partial charge in [0.15, 0.2) is 0 Å². The van der Waals surface area contributed by atoms with Crippen LogP contribution in [-0.2, 0) is 9.47 Å². The van der Waals surface area contributed by atoms with E-state index < -0.39 is 0 Å². The average Bonchev–Trinajstić information content (AvgIpc) is 2.66. The molecule has 0 spiro atoms. The third kappa shape index (κ3) is 3.02. The molecule has 0 aliphatic carbocycles. The number of amides is 1. The maximum atomic E-state index is 13.1. The van der Waals surface area contributed by atoms with Crippen molar-refractivity contribution in [3.8, 4) is 0 Å². The lowest BCUT2D eigenvalue weighted by Gasteiger charge is -2.50. The molecule has 4 rings (SSSR count). The van der Waals surface area contributed by atoms with Gasteiger partial charge in [-0.3, -0.25) is 9.78 Å². The first-order valence-electron chi connectivity index (χ1n) is 8.96. The third-order valence-electron chi connectivity index (χ3n) is 5.54. The Bertz CT molecular complexity index is 774. The van der Waals surface area contributed by atoms with Crippen LogP contribution in [0, 0.1) is 5.41 Å².